The van der Waals surface area contributed by atoms with Crippen LogP contribution in [0.2, 0.25) is 0 Å². The highest BCUT2D eigenvalue weighted by atomic mass is 32.2. The largest absolute Gasteiger partial charge is 0.480 e. The summed E-state index contributed by atoms with van der Waals surface area (Å²) in [6.45, 7) is 4.71. The zero-order valence-electron chi connectivity index (χ0n) is 14.4. The van der Waals surface area contributed by atoms with E-state index in [4.69, 9.17) is 0 Å². The minimum atomic E-state index is -4.50. The number of nitrogens with zero attached hydrogens (tertiary/aromatic N) is 2. The second-order valence-electron chi connectivity index (χ2n) is 5.89. The summed E-state index contributed by atoms with van der Waals surface area (Å²) in [4.78, 5) is 21.4. The summed E-state index contributed by atoms with van der Waals surface area (Å²) in [6, 6.07) is 8.27. The molecule has 0 saturated carbocycles. The molecule has 0 radical (unpaired) electrons. The molecule has 0 aliphatic carbocycles. The lowest BCUT2D eigenvalue weighted by atomic mass is 10.1. The molecule has 0 aliphatic heterocycles. The highest BCUT2D eigenvalue weighted by molar-refractivity contribution is 7.93. The molecule has 138 valence electrons. The van der Waals surface area contributed by atoms with Gasteiger partial charge in [-0.25, -0.2) is 13.2 Å². The molecule has 0 aromatic heterocycles. The summed E-state index contributed by atoms with van der Waals surface area (Å²) in [5.41, 5.74) is 0.996. The van der Waals surface area contributed by atoms with E-state index in [0.29, 0.717) is 4.31 Å². The normalized spacial score (nSPS) is 12.4. The first-order chi connectivity index (χ1) is 12.1. The number of nitro groups is 1. The lowest BCUT2D eigenvalue weighted by molar-refractivity contribution is -0.387. The van der Waals surface area contributed by atoms with Gasteiger partial charge >= 0.3 is 5.97 Å². The fourth-order valence-corrected chi connectivity index (χ4v) is 4.44. The van der Waals surface area contributed by atoms with Crippen molar-refractivity contribution in [2.45, 2.75) is 31.7 Å². The van der Waals surface area contributed by atoms with E-state index in [1.165, 1.54) is 31.2 Å². The third-order valence-corrected chi connectivity index (χ3v) is 5.71. The van der Waals surface area contributed by atoms with Crippen LogP contribution in [0.3, 0.4) is 0 Å². The Hall–Kier alpha value is -2.94. The standard InChI is InChI=1S/C17H18N2O6S/c1-11-8-12(2)10-14(9-11)18(13(3)17(20)21)26(24,25)16-7-5-4-6-15(16)19(22)23/h4-10,13H,1-3H3,(H,20,21). The van der Waals surface area contributed by atoms with Crippen molar-refractivity contribution in [3.8, 4) is 0 Å². The summed E-state index contributed by atoms with van der Waals surface area (Å²) >= 11 is 0. The Labute approximate surface area is 150 Å². The minimum absolute atomic E-state index is 0.135. The fourth-order valence-electron chi connectivity index (χ4n) is 2.68. The highest BCUT2D eigenvalue weighted by Crippen LogP contribution is 2.32. The van der Waals surface area contributed by atoms with E-state index in [2.05, 4.69) is 0 Å². The smallest absolute Gasteiger partial charge is 0.327 e. The van der Waals surface area contributed by atoms with Gasteiger partial charge in [-0.05, 0) is 50.1 Å². The molecule has 0 bridgehead atoms. The number of carboxylic acids is 1. The van der Waals surface area contributed by atoms with E-state index in [1.54, 1.807) is 13.8 Å². The quantitative estimate of drug-likeness (QED) is 0.610. The SMILES string of the molecule is Cc1cc(C)cc(N(C(C)C(=O)O)S(=O)(=O)c2ccccc2[N+](=O)[O-])c1. The maximum atomic E-state index is 13.2. The van der Waals surface area contributed by atoms with Crippen molar-refractivity contribution in [1.29, 1.82) is 0 Å². The van der Waals surface area contributed by atoms with Crippen molar-refractivity contribution >= 4 is 27.4 Å². The van der Waals surface area contributed by atoms with Crippen LogP contribution in [0.15, 0.2) is 47.4 Å². The molecule has 8 nitrogen and oxygen atoms in total. The number of sulfonamides is 1. The van der Waals surface area contributed by atoms with Crippen LogP contribution in [-0.2, 0) is 14.8 Å². The van der Waals surface area contributed by atoms with Crippen molar-refractivity contribution in [2.75, 3.05) is 4.31 Å². The number of benzene rings is 2. The van der Waals surface area contributed by atoms with Crippen LogP contribution in [0.5, 0.6) is 0 Å². The average molecular weight is 378 g/mol. The Kier molecular flexibility index (Phi) is 5.31. The van der Waals surface area contributed by atoms with Gasteiger partial charge in [0, 0.05) is 6.07 Å². The predicted molar refractivity (Wildman–Crippen MR) is 95.8 cm³/mol. The van der Waals surface area contributed by atoms with Gasteiger partial charge in [-0.1, -0.05) is 18.2 Å². The van der Waals surface area contributed by atoms with E-state index in [9.17, 15) is 28.4 Å². The number of aliphatic carboxylic acids is 1. The molecular weight excluding hydrogens is 360 g/mol. The number of rotatable bonds is 6. The number of anilines is 1. The molecule has 0 amide bonds. The molecule has 0 heterocycles. The van der Waals surface area contributed by atoms with E-state index >= 15 is 0 Å². The molecule has 1 atom stereocenters. The predicted octanol–water partition coefficient (Wildman–Crippen LogP) is 2.88. The molecule has 26 heavy (non-hydrogen) atoms. The molecule has 0 aliphatic rings. The molecule has 9 heteroatoms. The van der Waals surface area contributed by atoms with E-state index in [0.717, 1.165) is 23.3 Å². The van der Waals surface area contributed by atoms with Gasteiger partial charge in [0.15, 0.2) is 4.90 Å². The van der Waals surface area contributed by atoms with Crippen LogP contribution < -0.4 is 4.31 Å². The zero-order valence-corrected chi connectivity index (χ0v) is 15.2. The maximum Gasteiger partial charge on any atom is 0.327 e. The summed E-state index contributed by atoms with van der Waals surface area (Å²) in [5, 5.41) is 20.6. The molecular formula is C17H18N2O6S. The number of hydrogen-bond acceptors (Lipinski definition) is 5. The number of carboxylic acid groups (broad SMARTS) is 1. The van der Waals surface area contributed by atoms with Crippen molar-refractivity contribution in [2.24, 2.45) is 0 Å². The summed E-state index contributed by atoms with van der Waals surface area (Å²) in [5.74, 6) is -1.37. The Morgan fingerprint density at radius 2 is 1.69 bits per heavy atom. The first-order valence-electron chi connectivity index (χ1n) is 7.64. The molecule has 0 spiro atoms. The van der Waals surface area contributed by atoms with Crippen molar-refractivity contribution in [3.63, 3.8) is 0 Å². The minimum Gasteiger partial charge on any atom is -0.480 e. The first kappa shape index (κ1) is 19.4. The molecule has 0 saturated heterocycles. The van der Waals surface area contributed by atoms with Crippen LogP contribution in [0.4, 0.5) is 11.4 Å². The monoisotopic (exact) mass is 378 g/mol. The fraction of sp³-hybridized carbons (Fsp3) is 0.235. The maximum absolute atomic E-state index is 13.2. The van der Waals surface area contributed by atoms with Crippen molar-refractivity contribution < 1.29 is 23.2 Å². The van der Waals surface area contributed by atoms with E-state index in [-0.39, 0.29) is 5.69 Å². The number of aryl methyl sites for hydroxylation is 2. The van der Waals surface area contributed by atoms with Gasteiger partial charge in [0.25, 0.3) is 15.7 Å². The van der Waals surface area contributed by atoms with Gasteiger partial charge in [-0.3, -0.25) is 14.4 Å². The third kappa shape index (κ3) is 3.67. The molecule has 1 N–H and O–H groups in total. The first-order valence-corrected chi connectivity index (χ1v) is 9.08. The van der Waals surface area contributed by atoms with Gasteiger partial charge in [0.1, 0.15) is 6.04 Å². The number of nitro benzene ring substituents is 1. The number of hydrogen-bond donors (Lipinski definition) is 1. The zero-order chi connectivity index (χ0) is 19.6. The summed E-state index contributed by atoms with van der Waals surface area (Å²) in [7, 11) is -4.50. The van der Waals surface area contributed by atoms with Crippen LogP contribution >= 0.6 is 0 Å². The second kappa shape index (κ2) is 7.12. The van der Waals surface area contributed by atoms with Crippen LogP contribution in [0.25, 0.3) is 0 Å². The van der Waals surface area contributed by atoms with Crippen LogP contribution in [-0.4, -0.2) is 30.5 Å². The van der Waals surface area contributed by atoms with Gasteiger partial charge in [0.2, 0.25) is 0 Å². The number of carbonyl (C=O) groups is 1. The van der Waals surface area contributed by atoms with Gasteiger partial charge < -0.3 is 5.11 Å². The molecule has 2 rings (SSSR count). The van der Waals surface area contributed by atoms with Crippen LogP contribution in [0.1, 0.15) is 18.1 Å². The molecule has 2 aromatic carbocycles. The Bertz CT molecular complexity index is 951. The Morgan fingerprint density at radius 3 is 2.19 bits per heavy atom. The van der Waals surface area contributed by atoms with Gasteiger partial charge in [-0.15, -0.1) is 0 Å². The third-order valence-electron chi connectivity index (χ3n) is 3.77. The Morgan fingerprint density at radius 1 is 1.15 bits per heavy atom. The van der Waals surface area contributed by atoms with Gasteiger partial charge in [-0.2, -0.15) is 0 Å². The highest BCUT2D eigenvalue weighted by Gasteiger charge is 2.37. The summed E-state index contributed by atoms with van der Waals surface area (Å²) in [6.07, 6.45) is 0. The summed E-state index contributed by atoms with van der Waals surface area (Å²) < 4.78 is 27.1. The lowest BCUT2D eigenvalue weighted by Gasteiger charge is -2.28. The van der Waals surface area contributed by atoms with Crippen LogP contribution in [0, 0.1) is 24.0 Å². The van der Waals surface area contributed by atoms with E-state index in [1.807, 2.05) is 6.07 Å². The van der Waals surface area contributed by atoms with E-state index < -0.39 is 37.5 Å². The van der Waals surface area contributed by atoms with Crippen molar-refractivity contribution in [3.05, 3.63) is 63.7 Å². The molecule has 0 fully saturated rings. The Balaban J connectivity index is 2.77. The molecule has 2 aromatic rings. The molecule has 1 unspecified atom stereocenters. The second-order valence-corrected chi connectivity index (χ2v) is 7.67. The lowest BCUT2D eigenvalue weighted by Crippen LogP contribution is -2.43. The van der Waals surface area contributed by atoms with Crippen molar-refractivity contribution in [1.82, 2.24) is 0 Å². The average Bonchev–Trinajstić information content (AvgIpc) is 2.53. The number of para-hydroxylation sites is 1. The van der Waals surface area contributed by atoms with Gasteiger partial charge in [0.05, 0.1) is 10.6 Å². The topological polar surface area (TPSA) is 118 Å².